The van der Waals surface area contributed by atoms with Crippen LogP contribution in [0.25, 0.3) is 11.1 Å². The van der Waals surface area contributed by atoms with Gasteiger partial charge in [-0.05, 0) is 22.0 Å². The molecule has 0 amide bonds. The molecule has 0 aliphatic carbocycles. The minimum Gasteiger partial charge on any atom is -0.384 e. The fourth-order valence-corrected chi connectivity index (χ4v) is 1.70. The van der Waals surface area contributed by atoms with Crippen molar-refractivity contribution >= 4 is 21.7 Å². The summed E-state index contributed by atoms with van der Waals surface area (Å²) in [5.41, 5.74) is 7.01. The van der Waals surface area contributed by atoms with Gasteiger partial charge in [-0.1, -0.05) is 12.1 Å². The quantitative estimate of drug-likeness (QED) is 0.823. The predicted octanol–water partition coefficient (Wildman–Crippen LogP) is 2.56. The summed E-state index contributed by atoms with van der Waals surface area (Å²) in [6.07, 6.45) is 1.56. The van der Waals surface area contributed by atoms with E-state index in [-0.39, 0.29) is 5.82 Å². The van der Waals surface area contributed by atoms with E-state index < -0.39 is 0 Å². The Hall–Kier alpha value is -1.36. The summed E-state index contributed by atoms with van der Waals surface area (Å²) >= 11 is 3.16. The number of rotatable bonds is 1. The van der Waals surface area contributed by atoms with Crippen LogP contribution in [0.2, 0.25) is 0 Å². The van der Waals surface area contributed by atoms with Crippen molar-refractivity contribution < 1.29 is 4.39 Å². The Morgan fingerprint density at radius 2 is 2.14 bits per heavy atom. The fourth-order valence-electron chi connectivity index (χ4n) is 1.22. The van der Waals surface area contributed by atoms with Crippen molar-refractivity contribution in [3.05, 3.63) is 34.7 Å². The Balaban J connectivity index is 2.63. The van der Waals surface area contributed by atoms with Crippen LogP contribution >= 0.6 is 15.9 Å². The molecule has 14 heavy (non-hydrogen) atoms. The maximum absolute atomic E-state index is 13.2. The number of benzene rings is 1. The number of anilines is 1. The van der Waals surface area contributed by atoms with E-state index in [1.165, 1.54) is 6.07 Å². The highest BCUT2D eigenvalue weighted by molar-refractivity contribution is 9.10. The van der Waals surface area contributed by atoms with E-state index in [1.807, 2.05) is 0 Å². The smallest absolute Gasteiger partial charge is 0.138 e. The summed E-state index contributed by atoms with van der Waals surface area (Å²) in [5, 5.41) is 6.37. The van der Waals surface area contributed by atoms with Gasteiger partial charge >= 0.3 is 0 Å². The van der Waals surface area contributed by atoms with E-state index in [0.717, 1.165) is 0 Å². The molecule has 0 atom stereocenters. The lowest BCUT2D eigenvalue weighted by atomic mass is 10.1. The molecule has 0 fully saturated rings. The summed E-state index contributed by atoms with van der Waals surface area (Å²) in [5.74, 6) is 0.111. The lowest BCUT2D eigenvalue weighted by Crippen LogP contribution is -1.89. The Kier molecular flexibility index (Phi) is 2.25. The number of nitrogens with one attached hydrogen (secondary N) is 1. The van der Waals surface area contributed by atoms with Gasteiger partial charge in [0.15, 0.2) is 0 Å². The first-order valence-electron chi connectivity index (χ1n) is 3.93. The van der Waals surface area contributed by atoms with Gasteiger partial charge in [-0.2, -0.15) is 5.10 Å². The van der Waals surface area contributed by atoms with Gasteiger partial charge in [-0.15, -0.1) is 0 Å². The van der Waals surface area contributed by atoms with Crippen molar-refractivity contribution in [3.8, 4) is 11.1 Å². The number of aromatic nitrogens is 2. The maximum atomic E-state index is 13.2. The molecule has 2 aromatic rings. The van der Waals surface area contributed by atoms with Crippen LogP contribution in [-0.4, -0.2) is 10.2 Å². The highest BCUT2D eigenvalue weighted by Crippen LogP contribution is 2.32. The number of hydrogen-bond acceptors (Lipinski definition) is 2. The van der Waals surface area contributed by atoms with Gasteiger partial charge < -0.3 is 5.73 Å². The Labute approximate surface area is 88.3 Å². The zero-order valence-corrected chi connectivity index (χ0v) is 8.68. The van der Waals surface area contributed by atoms with Gasteiger partial charge in [-0.25, -0.2) is 4.39 Å². The SMILES string of the molecule is Nc1[nH]ncc1-c1cccc(F)c1Br. The molecule has 1 aromatic carbocycles. The molecule has 0 radical (unpaired) electrons. The van der Waals surface area contributed by atoms with E-state index in [0.29, 0.717) is 21.4 Å². The van der Waals surface area contributed by atoms with E-state index >= 15 is 0 Å². The molecule has 3 nitrogen and oxygen atoms in total. The third kappa shape index (κ3) is 1.39. The van der Waals surface area contributed by atoms with Gasteiger partial charge in [0.1, 0.15) is 11.6 Å². The van der Waals surface area contributed by atoms with Crippen LogP contribution < -0.4 is 5.73 Å². The minimum absolute atomic E-state index is 0.317. The van der Waals surface area contributed by atoms with Crippen molar-refractivity contribution in [2.45, 2.75) is 0 Å². The molecule has 0 aliphatic heterocycles. The topological polar surface area (TPSA) is 54.7 Å². The minimum atomic E-state index is -0.317. The zero-order chi connectivity index (χ0) is 10.1. The molecule has 0 bridgehead atoms. The molecule has 1 heterocycles. The number of nitrogen functional groups attached to an aromatic ring is 1. The number of nitrogens with zero attached hydrogens (tertiary/aromatic N) is 1. The van der Waals surface area contributed by atoms with Crippen molar-refractivity contribution in [2.24, 2.45) is 0 Å². The summed E-state index contributed by atoms with van der Waals surface area (Å²) in [6.45, 7) is 0. The van der Waals surface area contributed by atoms with Gasteiger partial charge in [0, 0.05) is 11.1 Å². The first-order valence-corrected chi connectivity index (χ1v) is 4.72. The van der Waals surface area contributed by atoms with Crippen LogP contribution in [0.15, 0.2) is 28.9 Å². The van der Waals surface area contributed by atoms with Gasteiger partial charge in [0.25, 0.3) is 0 Å². The standard InChI is InChI=1S/C9H7BrFN3/c10-8-5(2-1-3-7(8)11)6-4-13-14-9(6)12/h1-4H,(H3,12,13,14). The van der Waals surface area contributed by atoms with Crippen LogP contribution in [0, 0.1) is 5.82 Å². The molecule has 2 rings (SSSR count). The third-order valence-corrected chi connectivity index (χ3v) is 2.72. The third-order valence-electron chi connectivity index (χ3n) is 1.91. The first-order chi connectivity index (χ1) is 6.70. The molecule has 0 saturated heterocycles. The van der Waals surface area contributed by atoms with E-state index in [2.05, 4.69) is 26.1 Å². The number of H-pyrrole nitrogens is 1. The van der Waals surface area contributed by atoms with E-state index in [1.54, 1.807) is 18.3 Å². The summed E-state index contributed by atoms with van der Waals surface area (Å²) in [6, 6.07) is 4.78. The molecular formula is C9H7BrFN3. The molecule has 72 valence electrons. The normalized spacial score (nSPS) is 10.4. The average molecular weight is 256 g/mol. The number of nitrogens with two attached hydrogens (primary N) is 1. The predicted molar refractivity (Wildman–Crippen MR) is 56.1 cm³/mol. The molecule has 1 aromatic heterocycles. The van der Waals surface area contributed by atoms with Gasteiger partial charge in [-0.3, -0.25) is 5.10 Å². The number of aromatic amines is 1. The van der Waals surface area contributed by atoms with E-state index in [9.17, 15) is 4.39 Å². The zero-order valence-electron chi connectivity index (χ0n) is 7.09. The molecule has 0 aliphatic rings. The second-order valence-corrected chi connectivity index (χ2v) is 3.59. The van der Waals surface area contributed by atoms with Crippen molar-refractivity contribution in [3.63, 3.8) is 0 Å². The molecule has 0 spiro atoms. The lowest BCUT2D eigenvalue weighted by Gasteiger charge is -2.02. The average Bonchev–Trinajstić information content (AvgIpc) is 2.57. The Morgan fingerprint density at radius 3 is 2.79 bits per heavy atom. The van der Waals surface area contributed by atoms with Gasteiger partial charge in [0.2, 0.25) is 0 Å². The summed E-state index contributed by atoms with van der Waals surface area (Å²) in [7, 11) is 0. The van der Waals surface area contributed by atoms with Crippen molar-refractivity contribution in [1.29, 1.82) is 0 Å². The van der Waals surface area contributed by atoms with Crippen LogP contribution in [0.4, 0.5) is 10.2 Å². The number of hydrogen-bond donors (Lipinski definition) is 2. The van der Waals surface area contributed by atoms with E-state index in [4.69, 9.17) is 5.73 Å². The Bertz CT molecular complexity index is 467. The molecule has 5 heteroatoms. The van der Waals surface area contributed by atoms with Crippen LogP contribution in [0.5, 0.6) is 0 Å². The monoisotopic (exact) mass is 255 g/mol. The van der Waals surface area contributed by atoms with Crippen molar-refractivity contribution in [1.82, 2.24) is 10.2 Å². The van der Waals surface area contributed by atoms with Crippen molar-refractivity contribution in [2.75, 3.05) is 5.73 Å². The van der Waals surface area contributed by atoms with Crippen LogP contribution in [0.1, 0.15) is 0 Å². The highest BCUT2D eigenvalue weighted by atomic mass is 79.9. The number of halogens is 2. The van der Waals surface area contributed by atoms with Crippen LogP contribution in [0.3, 0.4) is 0 Å². The second-order valence-electron chi connectivity index (χ2n) is 2.80. The Morgan fingerprint density at radius 1 is 1.36 bits per heavy atom. The van der Waals surface area contributed by atoms with Crippen LogP contribution in [-0.2, 0) is 0 Å². The second kappa shape index (κ2) is 3.42. The molecular weight excluding hydrogens is 249 g/mol. The fraction of sp³-hybridized carbons (Fsp3) is 0. The molecule has 0 unspecified atom stereocenters. The first kappa shape index (κ1) is 9.21. The summed E-state index contributed by atoms with van der Waals surface area (Å²) < 4.78 is 13.6. The molecule has 3 N–H and O–H groups in total. The largest absolute Gasteiger partial charge is 0.384 e. The lowest BCUT2D eigenvalue weighted by molar-refractivity contribution is 0.622. The van der Waals surface area contributed by atoms with Gasteiger partial charge in [0.05, 0.1) is 10.7 Å². The summed E-state index contributed by atoms with van der Waals surface area (Å²) in [4.78, 5) is 0. The highest BCUT2D eigenvalue weighted by Gasteiger charge is 2.10. The molecule has 0 saturated carbocycles. The maximum Gasteiger partial charge on any atom is 0.138 e.